The molecule has 1 aliphatic heterocycles. The van der Waals surface area contributed by atoms with Gasteiger partial charge >= 0.3 is 0 Å². The van der Waals surface area contributed by atoms with E-state index in [1.165, 1.54) is 0 Å². The maximum Gasteiger partial charge on any atom is 0.237 e. The molecule has 1 aromatic carbocycles. The van der Waals surface area contributed by atoms with E-state index in [1.807, 2.05) is 0 Å². The fourth-order valence-electron chi connectivity index (χ4n) is 5.59. The van der Waals surface area contributed by atoms with Gasteiger partial charge in [0, 0.05) is 0 Å². The molecule has 6 atom stereocenters. The lowest BCUT2D eigenvalue weighted by atomic mass is 9.65. The molecule has 2 bridgehead atoms. The van der Waals surface area contributed by atoms with Crippen LogP contribution in [0.4, 0.5) is 5.69 Å². The van der Waals surface area contributed by atoms with Gasteiger partial charge in [-0.1, -0.05) is 70.1 Å². The Morgan fingerprint density at radius 1 is 0.793 bits per heavy atom. The number of nitrogens with zero attached hydrogens (tertiary/aromatic N) is 1. The molecule has 3 fully saturated rings. The number of imide groups is 1. The Bertz CT molecular complexity index is 956. The van der Waals surface area contributed by atoms with Gasteiger partial charge in [0.15, 0.2) is 4.33 Å². The zero-order chi connectivity index (χ0) is 21.1. The van der Waals surface area contributed by atoms with E-state index in [1.54, 1.807) is 24.3 Å². The van der Waals surface area contributed by atoms with Crippen molar-refractivity contribution in [2.45, 2.75) is 26.9 Å². The number of anilines is 1. The number of rotatable bonds is 1. The smallest absolute Gasteiger partial charge is 0.237 e. The zero-order valence-corrected chi connectivity index (χ0v) is 19.7. The summed E-state index contributed by atoms with van der Waals surface area (Å²) in [5.41, 5.74) is 0.367. The van der Waals surface area contributed by atoms with Gasteiger partial charge in [-0.2, -0.15) is 0 Å². The van der Waals surface area contributed by atoms with E-state index < -0.39 is 37.8 Å². The second-order valence-corrected chi connectivity index (χ2v) is 11.7. The van der Waals surface area contributed by atoms with E-state index in [4.69, 9.17) is 81.2 Å². The van der Waals surface area contributed by atoms with Crippen molar-refractivity contribution < 1.29 is 9.59 Å². The first kappa shape index (κ1) is 21.0. The van der Waals surface area contributed by atoms with Crippen LogP contribution in [0, 0.1) is 23.7 Å². The maximum atomic E-state index is 13.2. The molecule has 0 spiro atoms. The molecule has 29 heavy (non-hydrogen) atoms. The molecule has 1 saturated heterocycles. The predicted molar refractivity (Wildman–Crippen MR) is 117 cm³/mol. The first-order chi connectivity index (χ1) is 13.5. The Morgan fingerprint density at radius 3 is 1.69 bits per heavy atom. The fraction of sp³-hybridized carbons (Fsp3) is 0.474. The van der Waals surface area contributed by atoms with Crippen LogP contribution in [0.2, 0.25) is 5.02 Å². The first-order valence-corrected chi connectivity index (χ1v) is 11.6. The van der Waals surface area contributed by atoms with Gasteiger partial charge < -0.3 is 0 Å². The molecule has 5 rings (SSSR count). The number of allylic oxidation sites excluding steroid dienone is 2. The van der Waals surface area contributed by atoms with Gasteiger partial charge in [-0.05, 0) is 36.8 Å². The number of alkyl halides is 4. The highest BCUT2D eigenvalue weighted by Gasteiger charge is 2.83. The largest absolute Gasteiger partial charge is 0.274 e. The monoisotopic (exact) mass is 531 g/mol. The highest BCUT2D eigenvalue weighted by Crippen LogP contribution is 2.79. The Morgan fingerprint density at radius 2 is 1.24 bits per heavy atom. The van der Waals surface area contributed by atoms with Crippen molar-refractivity contribution in [2.24, 2.45) is 23.7 Å². The summed E-state index contributed by atoms with van der Waals surface area (Å²) < 4.78 is -1.67. The van der Waals surface area contributed by atoms with E-state index in [0.29, 0.717) is 10.7 Å². The molecule has 2 amide bonds. The fourth-order valence-corrected chi connectivity index (χ4v) is 8.92. The Kier molecular flexibility index (Phi) is 4.59. The van der Waals surface area contributed by atoms with Crippen LogP contribution < -0.4 is 4.90 Å². The van der Waals surface area contributed by atoms with E-state index in [0.717, 1.165) is 4.90 Å². The predicted octanol–water partition coefficient (Wildman–Crippen LogP) is 6.32. The molecule has 0 N–H and O–H groups in total. The maximum absolute atomic E-state index is 13.2. The van der Waals surface area contributed by atoms with Crippen LogP contribution in [0.15, 0.2) is 34.3 Å². The van der Waals surface area contributed by atoms with Crippen molar-refractivity contribution >= 4 is 98.7 Å². The van der Waals surface area contributed by atoms with Crippen molar-refractivity contribution in [3.05, 3.63) is 39.4 Å². The number of hydrogen-bond acceptors (Lipinski definition) is 2. The highest BCUT2D eigenvalue weighted by molar-refractivity contribution is 6.65. The van der Waals surface area contributed by atoms with Crippen LogP contribution in [-0.4, -0.2) is 25.9 Å². The van der Waals surface area contributed by atoms with Crippen molar-refractivity contribution in [3.8, 4) is 0 Å². The Hall–Kier alpha value is 0.130. The lowest BCUT2D eigenvalue weighted by molar-refractivity contribution is -0.122. The number of hydrogen-bond donors (Lipinski definition) is 0. The summed E-state index contributed by atoms with van der Waals surface area (Å²) in [5.74, 6) is -2.62. The number of benzene rings is 1. The summed E-state index contributed by atoms with van der Waals surface area (Å²) in [6.45, 7) is 0. The summed E-state index contributed by atoms with van der Waals surface area (Å²) in [7, 11) is 0. The molecule has 3 nitrogen and oxygen atoms in total. The SMILES string of the molecule is O=C1[C@@H]2C[C@@H]3[C@H](C[C@H]2C(=O)N1c1ccccc1Cl)[C@@]1(Cl)C(Cl)=C(Cl)[C@@]3(Cl)C1(Cl)Cl. The number of carbonyl (C=O) groups excluding carboxylic acids is 2. The number of halogens is 7. The Labute approximate surface area is 202 Å². The molecule has 0 aromatic heterocycles. The van der Waals surface area contributed by atoms with Gasteiger partial charge in [0.05, 0.1) is 32.6 Å². The minimum Gasteiger partial charge on any atom is -0.274 e. The van der Waals surface area contributed by atoms with Crippen LogP contribution >= 0.6 is 81.2 Å². The van der Waals surface area contributed by atoms with E-state index >= 15 is 0 Å². The molecule has 0 radical (unpaired) electrons. The lowest BCUT2D eigenvalue weighted by Crippen LogP contribution is -2.44. The molecule has 0 unspecified atom stereocenters. The number of para-hydroxylation sites is 1. The highest BCUT2D eigenvalue weighted by atomic mass is 35.5. The van der Waals surface area contributed by atoms with Crippen LogP contribution in [0.25, 0.3) is 0 Å². The normalized spacial score (nSPS) is 42.5. The molecule has 10 heteroatoms. The zero-order valence-electron chi connectivity index (χ0n) is 14.4. The molecule has 1 aromatic rings. The summed E-state index contributed by atoms with van der Waals surface area (Å²) in [5, 5.41) is 0.546. The third kappa shape index (κ3) is 2.21. The Balaban J connectivity index is 1.58. The molecule has 3 aliphatic carbocycles. The standard InChI is InChI=1S/C19H12Cl7NO2/c20-11-3-1-2-4-12(11)27-15(28)7-5-9-10(6-8(7)16(27)29)18(24)14(22)13(21)17(9,23)19(18,25)26/h1-4,7-10H,5-6H2/t7-,8-,9-,10+,17-,18-/m1/s1. The number of fused-ring (bicyclic) bond motifs is 6. The number of carbonyl (C=O) groups is 2. The van der Waals surface area contributed by atoms with Gasteiger partial charge in [0.2, 0.25) is 11.8 Å². The van der Waals surface area contributed by atoms with Crippen LogP contribution in [0.5, 0.6) is 0 Å². The lowest BCUT2D eigenvalue weighted by Gasteiger charge is -2.42. The summed E-state index contributed by atoms with van der Waals surface area (Å²) in [6.07, 6.45) is 0.556. The van der Waals surface area contributed by atoms with E-state index in [9.17, 15) is 9.59 Å². The van der Waals surface area contributed by atoms with E-state index in [-0.39, 0.29) is 34.7 Å². The molecule has 4 aliphatic rings. The summed E-state index contributed by atoms with van der Waals surface area (Å²) in [4.78, 5) is 24.8. The second kappa shape index (κ2) is 6.34. The third-order valence-corrected chi connectivity index (χ3v) is 11.6. The molecule has 1 heterocycles. The van der Waals surface area contributed by atoms with Crippen molar-refractivity contribution in [1.82, 2.24) is 0 Å². The molecular weight excluding hydrogens is 522 g/mol. The summed E-state index contributed by atoms with van der Waals surface area (Å²) >= 11 is 46.2. The molecular formula is C19H12Cl7NO2. The van der Waals surface area contributed by atoms with Crippen LogP contribution in [-0.2, 0) is 9.59 Å². The number of amides is 2. The van der Waals surface area contributed by atoms with E-state index in [2.05, 4.69) is 0 Å². The van der Waals surface area contributed by atoms with Crippen LogP contribution in [0.3, 0.4) is 0 Å². The van der Waals surface area contributed by atoms with Gasteiger partial charge in [0.1, 0.15) is 9.75 Å². The molecule has 154 valence electrons. The second-order valence-electron chi connectivity index (χ2n) is 7.99. The quantitative estimate of drug-likeness (QED) is 0.313. The minimum absolute atomic E-state index is 0.111. The van der Waals surface area contributed by atoms with Gasteiger partial charge in [0.25, 0.3) is 0 Å². The van der Waals surface area contributed by atoms with Crippen molar-refractivity contribution in [1.29, 1.82) is 0 Å². The summed E-state index contributed by atoms with van der Waals surface area (Å²) in [6, 6.07) is 6.73. The van der Waals surface area contributed by atoms with Gasteiger partial charge in [-0.15, -0.1) is 23.2 Å². The van der Waals surface area contributed by atoms with Gasteiger partial charge in [-0.3, -0.25) is 9.59 Å². The third-order valence-electron chi connectivity index (χ3n) is 6.92. The van der Waals surface area contributed by atoms with Crippen molar-refractivity contribution in [3.63, 3.8) is 0 Å². The topological polar surface area (TPSA) is 37.4 Å². The molecule has 2 saturated carbocycles. The van der Waals surface area contributed by atoms with Crippen molar-refractivity contribution in [2.75, 3.05) is 4.90 Å². The van der Waals surface area contributed by atoms with Gasteiger partial charge in [-0.25, -0.2) is 4.90 Å². The first-order valence-electron chi connectivity index (χ1n) is 8.93. The van der Waals surface area contributed by atoms with Crippen LogP contribution in [0.1, 0.15) is 12.8 Å². The average molecular weight is 534 g/mol. The minimum atomic E-state index is -1.67. The average Bonchev–Trinajstić information content (AvgIpc) is 3.04.